The molecule has 0 radical (unpaired) electrons. The van der Waals surface area contributed by atoms with Crippen LogP contribution in [0.5, 0.6) is 5.75 Å². The number of amides is 1. The molecule has 6 nitrogen and oxygen atoms in total. The Morgan fingerprint density at radius 3 is 2.65 bits per heavy atom. The summed E-state index contributed by atoms with van der Waals surface area (Å²) in [7, 11) is 0. The Kier molecular flexibility index (Phi) is 6.65. The minimum Gasteiger partial charge on any atom is -0.507 e. The number of nitrogens with one attached hydrogen (secondary N) is 2. The van der Waals surface area contributed by atoms with Crippen LogP contribution >= 0.6 is 12.2 Å². The fourth-order valence-electron chi connectivity index (χ4n) is 3.79. The number of aromatic nitrogens is 1. The van der Waals surface area contributed by atoms with Crippen LogP contribution in [0.25, 0.3) is 22.6 Å². The molecule has 0 spiro atoms. The molecule has 1 amide bonds. The number of oxazole rings is 1. The molecule has 34 heavy (non-hydrogen) atoms. The lowest BCUT2D eigenvalue weighted by Gasteiger charge is -2.12. The highest BCUT2D eigenvalue weighted by molar-refractivity contribution is 7.80. The summed E-state index contributed by atoms with van der Waals surface area (Å²) in [5.41, 5.74) is 6.11. The summed E-state index contributed by atoms with van der Waals surface area (Å²) >= 11 is 5.33. The number of carbonyl (C=O) groups excluding carboxylic acids is 1. The Bertz CT molecular complexity index is 1390. The summed E-state index contributed by atoms with van der Waals surface area (Å²) in [6.45, 7) is 8.18. The number of carbonyl (C=O) groups is 1. The van der Waals surface area contributed by atoms with Crippen LogP contribution in [0.3, 0.4) is 0 Å². The monoisotopic (exact) mass is 473 g/mol. The zero-order chi connectivity index (χ0) is 24.4. The van der Waals surface area contributed by atoms with Crippen LogP contribution in [-0.4, -0.2) is 21.1 Å². The molecule has 0 aliphatic rings. The van der Waals surface area contributed by atoms with Crippen LogP contribution in [0.1, 0.15) is 53.2 Å². The second-order valence-corrected chi connectivity index (χ2v) is 8.92. The number of nitrogens with zero attached hydrogens (tertiary/aromatic N) is 1. The van der Waals surface area contributed by atoms with Gasteiger partial charge in [0.2, 0.25) is 5.89 Å². The van der Waals surface area contributed by atoms with Crippen molar-refractivity contribution in [1.82, 2.24) is 10.3 Å². The van der Waals surface area contributed by atoms with Gasteiger partial charge in [-0.2, -0.15) is 0 Å². The van der Waals surface area contributed by atoms with E-state index in [2.05, 4.69) is 29.5 Å². The number of rotatable bonds is 5. The van der Waals surface area contributed by atoms with Gasteiger partial charge in [0.05, 0.1) is 5.56 Å². The Hall–Kier alpha value is -3.71. The third-order valence-corrected chi connectivity index (χ3v) is 6.14. The molecule has 3 N–H and O–H groups in total. The molecule has 0 bridgehead atoms. The van der Waals surface area contributed by atoms with Crippen molar-refractivity contribution >= 4 is 40.0 Å². The van der Waals surface area contributed by atoms with E-state index in [4.69, 9.17) is 16.6 Å². The number of phenolic OH excluding ortho intramolecular Hbond substituents is 1. The van der Waals surface area contributed by atoms with E-state index in [0.29, 0.717) is 34.2 Å². The Balaban J connectivity index is 1.54. The van der Waals surface area contributed by atoms with E-state index in [0.717, 1.165) is 23.1 Å². The third kappa shape index (κ3) is 4.94. The van der Waals surface area contributed by atoms with Crippen molar-refractivity contribution in [2.24, 2.45) is 0 Å². The van der Waals surface area contributed by atoms with Gasteiger partial charge in [-0.3, -0.25) is 10.1 Å². The number of benzene rings is 3. The second-order valence-electron chi connectivity index (χ2n) is 8.51. The van der Waals surface area contributed by atoms with Crippen molar-refractivity contribution in [3.8, 4) is 17.2 Å². The van der Waals surface area contributed by atoms with Crippen molar-refractivity contribution in [2.75, 3.05) is 5.32 Å². The average Bonchev–Trinajstić information content (AvgIpc) is 3.22. The van der Waals surface area contributed by atoms with Crippen molar-refractivity contribution in [3.63, 3.8) is 0 Å². The zero-order valence-corrected chi connectivity index (χ0v) is 20.4. The molecule has 4 rings (SSSR count). The van der Waals surface area contributed by atoms with Crippen molar-refractivity contribution in [3.05, 3.63) is 76.9 Å². The number of thiocarbonyl (C=S) groups is 1. The van der Waals surface area contributed by atoms with Gasteiger partial charge in [0.15, 0.2) is 10.7 Å². The van der Waals surface area contributed by atoms with Crippen molar-refractivity contribution in [2.45, 2.75) is 40.0 Å². The van der Waals surface area contributed by atoms with Gasteiger partial charge in [0.25, 0.3) is 5.91 Å². The molecule has 0 saturated carbocycles. The van der Waals surface area contributed by atoms with E-state index in [1.54, 1.807) is 18.2 Å². The van der Waals surface area contributed by atoms with E-state index >= 15 is 0 Å². The van der Waals surface area contributed by atoms with Gasteiger partial charge < -0.3 is 14.8 Å². The fraction of sp³-hybridized carbons (Fsp3) is 0.222. The lowest BCUT2D eigenvalue weighted by atomic mass is 9.98. The van der Waals surface area contributed by atoms with Crippen LogP contribution < -0.4 is 10.6 Å². The first kappa shape index (κ1) is 23.4. The SMILES string of the molecule is CCC(C)c1ccc2oc(-c3cc(NC(=S)NC(=O)c4ccc(C)cc4C)ccc3O)nc2c1. The van der Waals surface area contributed by atoms with Crippen LogP contribution in [0.15, 0.2) is 59.0 Å². The maximum Gasteiger partial charge on any atom is 0.257 e. The van der Waals surface area contributed by atoms with E-state index in [-0.39, 0.29) is 16.8 Å². The summed E-state index contributed by atoms with van der Waals surface area (Å²) in [6.07, 6.45) is 1.03. The predicted molar refractivity (Wildman–Crippen MR) is 139 cm³/mol. The molecular weight excluding hydrogens is 446 g/mol. The third-order valence-electron chi connectivity index (χ3n) is 5.93. The highest BCUT2D eigenvalue weighted by atomic mass is 32.1. The van der Waals surface area contributed by atoms with E-state index < -0.39 is 0 Å². The van der Waals surface area contributed by atoms with E-state index in [1.807, 2.05) is 44.2 Å². The van der Waals surface area contributed by atoms with E-state index in [1.165, 1.54) is 11.6 Å². The summed E-state index contributed by atoms with van der Waals surface area (Å²) < 4.78 is 5.91. The lowest BCUT2D eigenvalue weighted by molar-refractivity contribution is 0.0977. The molecule has 0 fully saturated rings. The van der Waals surface area contributed by atoms with Gasteiger partial charge >= 0.3 is 0 Å². The lowest BCUT2D eigenvalue weighted by Crippen LogP contribution is -2.34. The van der Waals surface area contributed by atoms with Gasteiger partial charge in [0, 0.05) is 11.3 Å². The Morgan fingerprint density at radius 1 is 1.12 bits per heavy atom. The molecule has 1 atom stereocenters. The number of hydrogen-bond acceptors (Lipinski definition) is 5. The molecule has 174 valence electrons. The molecule has 1 aromatic heterocycles. The first-order chi connectivity index (χ1) is 16.2. The first-order valence-corrected chi connectivity index (χ1v) is 11.6. The van der Waals surface area contributed by atoms with Gasteiger partial charge in [-0.05, 0) is 85.9 Å². The second kappa shape index (κ2) is 9.65. The maximum absolute atomic E-state index is 12.6. The minimum absolute atomic E-state index is 0.0319. The normalized spacial score (nSPS) is 11.9. The van der Waals surface area contributed by atoms with Crippen LogP contribution in [0.2, 0.25) is 0 Å². The molecule has 0 aliphatic heterocycles. The number of fused-ring (bicyclic) bond motifs is 1. The summed E-state index contributed by atoms with van der Waals surface area (Å²) in [5, 5.41) is 16.3. The van der Waals surface area contributed by atoms with Gasteiger partial charge in [-0.1, -0.05) is 37.6 Å². The highest BCUT2D eigenvalue weighted by Gasteiger charge is 2.16. The van der Waals surface area contributed by atoms with Gasteiger partial charge in [-0.15, -0.1) is 0 Å². The molecular formula is C27H27N3O3S. The standard InChI is InChI=1S/C27H27N3O3S/c1-5-16(3)18-7-11-24-22(13-18)29-26(33-24)21-14-19(8-10-23(21)31)28-27(34)30-25(32)20-9-6-15(2)12-17(20)4/h6-14,16,31H,5H2,1-4H3,(H2,28,30,32,34). The molecule has 1 unspecified atom stereocenters. The summed E-state index contributed by atoms with van der Waals surface area (Å²) in [4.78, 5) is 17.2. The summed E-state index contributed by atoms with van der Waals surface area (Å²) in [6, 6.07) is 16.5. The quantitative estimate of drug-likeness (QED) is 0.228. The number of aromatic hydroxyl groups is 1. The Morgan fingerprint density at radius 2 is 1.91 bits per heavy atom. The first-order valence-electron chi connectivity index (χ1n) is 11.2. The fourth-order valence-corrected chi connectivity index (χ4v) is 4.00. The van der Waals surface area contributed by atoms with Crippen LogP contribution in [0, 0.1) is 13.8 Å². The van der Waals surface area contributed by atoms with Crippen LogP contribution in [0.4, 0.5) is 5.69 Å². The molecule has 0 saturated heterocycles. The van der Waals surface area contributed by atoms with E-state index in [9.17, 15) is 9.90 Å². The number of anilines is 1. The van der Waals surface area contributed by atoms with Crippen molar-refractivity contribution < 1.29 is 14.3 Å². The Labute approximate surface area is 204 Å². The molecule has 7 heteroatoms. The molecule has 4 aromatic rings. The maximum atomic E-state index is 12.6. The smallest absolute Gasteiger partial charge is 0.257 e. The largest absolute Gasteiger partial charge is 0.507 e. The van der Waals surface area contributed by atoms with Gasteiger partial charge in [-0.25, -0.2) is 4.98 Å². The predicted octanol–water partition coefficient (Wildman–Crippen LogP) is 6.46. The number of phenols is 1. The molecule has 0 aliphatic carbocycles. The molecule has 3 aromatic carbocycles. The van der Waals surface area contributed by atoms with Crippen molar-refractivity contribution in [1.29, 1.82) is 0 Å². The highest BCUT2D eigenvalue weighted by Crippen LogP contribution is 2.34. The van der Waals surface area contributed by atoms with Crippen LogP contribution in [-0.2, 0) is 0 Å². The minimum atomic E-state index is -0.287. The summed E-state index contributed by atoms with van der Waals surface area (Å²) in [5.74, 6) is 0.475. The number of aryl methyl sites for hydroxylation is 2. The zero-order valence-electron chi connectivity index (χ0n) is 19.6. The van der Waals surface area contributed by atoms with Gasteiger partial charge in [0.1, 0.15) is 11.3 Å². The topological polar surface area (TPSA) is 87.4 Å². The number of hydrogen-bond donors (Lipinski definition) is 3. The average molecular weight is 474 g/mol. The molecule has 1 heterocycles.